The molecule has 0 saturated heterocycles. The largest absolute Gasteiger partial charge is 0.261 e. The first kappa shape index (κ1) is 13.8. The maximum absolute atomic E-state index is 11.2. The summed E-state index contributed by atoms with van der Waals surface area (Å²) in [6.07, 6.45) is 0.335. The second kappa shape index (κ2) is 4.52. The zero-order valence-corrected chi connectivity index (χ0v) is 11.3. The molecule has 0 saturated carbocycles. The van der Waals surface area contributed by atoms with Gasteiger partial charge in [0.1, 0.15) is 0 Å². The monoisotopic (exact) mass is 302 g/mol. The van der Waals surface area contributed by atoms with Crippen LogP contribution in [0.5, 0.6) is 0 Å². The van der Waals surface area contributed by atoms with Crippen molar-refractivity contribution in [3.05, 3.63) is 23.8 Å². The van der Waals surface area contributed by atoms with Crippen molar-refractivity contribution in [2.45, 2.75) is 23.1 Å². The highest BCUT2D eigenvalue weighted by atomic mass is 35.7. The van der Waals surface area contributed by atoms with Gasteiger partial charge >= 0.3 is 0 Å². The molecule has 0 atom stereocenters. The van der Waals surface area contributed by atoms with E-state index >= 15 is 0 Å². The van der Waals surface area contributed by atoms with E-state index in [1.807, 2.05) is 0 Å². The van der Waals surface area contributed by atoms with Crippen molar-refractivity contribution in [1.29, 1.82) is 0 Å². The molecule has 0 aliphatic heterocycles. The molecule has 8 heteroatoms. The first-order valence-electron chi connectivity index (χ1n) is 4.18. The highest BCUT2D eigenvalue weighted by Gasteiger charge is 2.18. The van der Waals surface area contributed by atoms with E-state index < -0.39 is 18.1 Å². The van der Waals surface area contributed by atoms with Crippen LogP contribution in [0, 0.1) is 0 Å². The van der Waals surface area contributed by atoms with Crippen molar-refractivity contribution in [1.82, 2.24) is 0 Å². The van der Waals surface area contributed by atoms with Crippen LogP contribution < -0.4 is 0 Å². The van der Waals surface area contributed by atoms with Crippen LogP contribution in [0.15, 0.2) is 28.0 Å². The van der Waals surface area contributed by atoms with Crippen molar-refractivity contribution < 1.29 is 16.8 Å². The van der Waals surface area contributed by atoms with Gasteiger partial charge in [-0.1, -0.05) is 6.92 Å². The Morgan fingerprint density at radius 2 is 1.62 bits per heavy atom. The summed E-state index contributed by atoms with van der Waals surface area (Å²) in [6.45, 7) is 1.69. The van der Waals surface area contributed by atoms with Gasteiger partial charge in [-0.15, -0.1) is 0 Å². The van der Waals surface area contributed by atoms with E-state index in [2.05, 4.69) is 0 Å². The van der Waals surface area contributed by atoms with E-state index in [4.69, 9.17) is 21.4 Å². The topological polar surface area (TPSA) is 68.3 Å². The normalized spacial score (nSPS) is 12.7. The molecule has 0 aromatic heterocycles. The molecule has 4 nitrogen and oxygen atoms in total. The van der Waals surface area contributed by atoms with Crippen LogP contribution >= 0.6 is 21.4 Å². The van der Waals surface area contributed by atoms with Crippen LogP contribution in [0.3, 0.4) is 0 Å². The molecule has 0 aliphatic rings. The summed E-state index contributed by atoms with van der Waals surface area (Å²) in [5.74, 6) is 0. The Morgan fingerprint density at radius 1 is 1.06 bits per heavy atom. The van der Waals surface area contributed by atoms with Crippen LogP contribution in [0.25, 0.3) is 0 Å². The maximum atomic E-state index is 11.2. The lowest BCUT2D eigenvalue weighted by Crippen LogP contribution is -2.00. The second-order valence-electron chi connectivity index (χ2n) is 3.00. The van der Waals surface area contributed by atoms with Gasteiger partial charge in [0.2, 0.25) is 0 Å². The van der Waals surface area contributed by atoms with Gasteiger partial charge in [-0.05, 0) is 30.2 Å². The second-order valence-corrected chi connectivity index (χ2v) is 8.10. The fourth-order valence-electron chi connectivity index (χ4n) is 1.22. The minimum atomic E-state index is -3.87. The minimum absolute atomic E-state index is 0.0965. The molecule has 0 heterocycles. The Balaban J connectivity index is 3.52. The summed E-state index contributed by atoms with van der Waals surface area (Å²) in [5.41, 5.74) is 0.316. The molecule has 0 radical (unpaired) electrons. The molecule has 0 fully saturated rings. The fraction of sp³-hybridized carbons (Fsp3) is 0.250. The predicted molar refractivity (Wildman–Crippen MR) is 61.9 cm³/mol. The third-order valence-electron chi connectivity index (χ3n) is 1.96. The number of aryl methyl sites for hydroxylation is 1. The van der Waals surface area contributed by atoms with Crippen LogP contribution in [0.2, 0.25) is 0 Å². The SMILES string of the molecule is CCc1cc(S(=O)(=O)Cl)ccc1S(=O)(=O)Cl. The molecule has 1 aromatic rings. The predicted octanol–water partition coefficient (Wildman–Crippen LogP) is 2.10. The van der Waals surface area contributed by atoms with Gasteiger partial charge in [0.25, 0.3) is 18.1 Å². The molecule has 0 bridgehead atoms. The van der Waals surface area contributed by atoms with Crippen LogP contribution in [-0.2, 0) is 24.5 Å². The Hall–Kier alpha value is -0.300. The lowest BCUT2D eigenvalue weighted by Gasteiger charge is -2.05. The molecular weight excluding hydrogens is 295 g/mol. The molecule has 16 heavy (non-hydrogen) atoms. The zero-order valence-electron chi connectivity index (χ0n) is 8.14. The number of rotatable bonds is 3. The zero-order chi connectivity index (χ0) is 12.6. The van der Waals surface area contributed by atoms with Gasteiger partial charge in [-0.2, -0.15) is 0 Å². The standard InChI is InChI=1S/C8H8Cl2O4S2/c1-2-6-5-7(15(9,11)12)3-4-8(6)16(10,13)14/h3-5H,2H2,1H3. The first-order chi connectivity index (χ1) is 7.16. The van der Waals surface area contributed by atoms with E-state index in [-0.39, 0.29) is 9.79 Å². The highest BCUT2D eigenvalue weighted by molar-refractivity contribution is 8.14. The Morgan fingerprint density at radius 3 is 2.00 bits per heavy atom. The smallest absolute Gasteiger partial charge is 0.207 e. The Bertz CT molecular complexity index is 605. The third-order valence-corrected chi connectivity index (χ3v) is 4.73. The quantitative estimate of drug-likeness (QED) is 0.802. The lowest BCUT2D eigenvalue weighted by molar-refractivity contribution is 0.605. The average Bonchev–Trinajstić information content (AvgIpc) is 2.14. The molecule has 1 rings (SSSR count). The Kier molecular flexibility index (Phi) is 3.89. The number of hydrogen-bond donors (Lipinski definition) is 0. The third kappa shape index (κ3) is 3.10. The molecular formula is C8H8Cl2O4S2. The molecule has 0 unspecified atom stereocenters. The number of hydrogen-bond acceptors (Lipinski definition) is 4. The molecule has 0 amide bonds. The van der Waals surface area contributed by atoms with Crippen molar-refractivity contribution in [2.75, 3.05) is 0 Å². The van der Waals surface area contributed by atoms with Crippen molar-refractivity contribution in [2.24, 2.45) is 0 Å². The number of benzene rings is 1. The molecule has 90 valence electrons. The molecule has 0 N–H and O–H groups in total. The van der Waals surface area contributed by atoms with Gasteiger partial charge in [0, 0.05) is 21.4 Å². The van der Waals surface area contributed by atoms with Gasteiger partial charge in [0.05, 0.1) is 9.79 Å². The van der Waals surface area contributed by atoms with Crippen LogP contribution in [0.4, 0.5) is 0 Å². The number of halogens is 2. The summed E-state index contributed by atoms with van der Waals surface area (Å²) in [4.78, 5) is -0.240. The summed E-state index contributed by atoms with van der Waals surface area (Å²) in [6, 6.07) is 3.45. The molecule has 0 spiro atoms. The summed E-state index contributed by atoms with van der Waals surface area (Å²) in [5, 5.41) is 0. The van der Waals surface area contributed by atoms with E-state index in [1.165, 1.54) is 6.07 Å². The first-order valence-corrected chi connectivity index (χ1v) is 8.80. The van der Waals surface area contributed by atoms with E-state index in [1.54, 1.807) is 6.92 Å². The van der Waals surface area contributed by atoms with Gasteiger partial charge < -0.3 is 0 Å². The van der Waals surface area contributed by atoms with Gasteiger partial charge in [-0.3, -0.25) is 0 Å². The highest BCUT2D eigenvalue weighted by Crippen LogP contribution is 2.25. The van der Waals surface area contributed by atoms with E-state index in [0.717, 1.165) is 12.1 Å². The molecule has 0 aliphatic carbocycles. The Labute approximate surface area is 103 Å². The van der Waals surface area contributed by atoms with Crippen molar-refractivity contribution >= 4 is 39.5 Å². The van der Waals surface area contributed by atoms with Crippen LogP contribution in [-0.4, -0.2) is 16.8 Å². The minimum Gasteiger partial charge on any atom is -0.207 e. The van der Waals surface area contributed by atoms with E-state index in [9.17, 15) is 16.8 Å². The van der Waals surface area contributed by atoms with E-state index in [0.29, 0.717) is 12.0 Å². The summed E-state index contributed by atoms with van der Waals surface area (Å²) in [7, 11) is 2.61. The van der Waals surface area contributed by atoms with Crippen LogP contribution in [0.1, 0.15) is 12.5 Å². The van der Waals surface area contributed by atoms with Gasteiger partial charge in [0.15, 0.2) is 0 Å². The summed E-state index contributed by atoms with van der Waals surface area (Å²) < 4.78 is 44.4. The molecule has 1 aromatic carbocycles. The van der Waals surface area contributed by atoms with Gasteiger partial charge in [-0.25, -0.2) is 16.8 Å². The van der Waals surface area contributed by atoms with Crippen molar-refractivity contribution in [3.8, 4) is 0 Å². The van der Waals surface area contributed by atoms with Crippen molar-refractivity contribution in [3.63, 3.8) is 0 Å². The summed E-state index contributed by atoms with van der Waals surface area (Å²) >= 11 is 0. The average molecular weight is 303 g/mol. The lowest BCUT2D eigenvalue weighted by atomic mass is 10.2. The fourth-order valence-corrected chi connectivity index (χ4v) is 3.22. The maximum Gasteiger partial charge on any atom is 0.261 e.